The standard InChI is InChI=1S/C18H20BrNO3/c1-2-22-15-7-9-16(10-8-15)23-12-11-20-18(21)13-14-5-3-4-6-17(14)19/h3-10H,2,11-13H2,1H3,(H,20,21). The van der Waals surface area contributed by atoms with Gasteiger partial charge < -0.3 is 14.8 Å². The Balaban J connectivity index is 1.68. The number of hydrogen-bond acceptors (Lipinski definition) is 3. The van der Waals surface area contributed by atoms with Crippen molar-refractivity contribution >= 4 is 21.8 Å². The van der Waals surface area contributed by atoms with E-state index >= 15 is 0 Å². The van der Waals surface area contributed by atoms with E-state index in [4.69, 9.17) is 9.47 Å². The summed E-state index contributed by atoms with van der Waals surface area (Å²) in [5, 5.41) is 2.85. The van der Waals surface area contributed by atoms with Crippen molar-refractivity contribution in [2.24, 2.45) is 0 Å². The van der Waals surface area contributed by atoms with Crippen molar-refractivity contribution in [3.05, 3.63) is 58.6 Å². The molecule has 0 radical (unpaired) electrons. The van der Waals surface area contributed by atoms with Crippen molar-refractivity contribution in [3.8, 4) is 11.5 Å². The number of hydrogen-bond donors (Lipinski definition) is 1. The lowest BCUT2D eigenvalue weighted by atomic mass is 10.1. The Bertz CT molecular complexity index is 628. The third-order valence-corrected chi connectivity index (χ3v) is 3.91. The molecule has 0 atom stereocenters. The summed E-state index contributed by atoms with van der Waals surface area (Å²) in [4.78, 5) is 11.9. The van der Waals surface area contributed by atoms with E-state index in [1.807, 2.05) is 55.5 Å². The van der Waals surface area contributed by atoms with Crippen molar-refractivity contribution in [2.45, 2.75) is 13.3 Å². The molecule has 5 heteroatoms. The summed E-state index contributed by atoms with van der Waals surface area (Å²) in [6, 6.07) is 15.1. The summed E-state index contributed by atoms with van der Waals surface area (Å²) in [5.41, 5.74) is 0.970. The van der Waals surface area contributed by atoms with Crippen LogP contribution in [-0.4, -0.2) is 25.7 Å². The number of halogens is 1. The summed E-state index contributed by atoms with van der Waals surface area (Å²) in [7, 11) is 0. The van der Waals surface area contributed by atoms with Gasteiger partial charge in [-0.15, -0.1) is 0 Å². The van der Waals surface area contributed by atoms with E-state index in [-0.39, 0.29) is 5.91 Å². The first-order valence-corrected chi connectivity index (χ1v) is 8.34. The molecule has 4 nitrogen and oxygen atoms in total. The van der Waals surface area contributed by atoms with E-state index < -0.39 is 0 Å². The lowest BCUT2D eigenvalue weighted by Gasteiger charge is -2.09. The number of amides is 1. The minimum atomic E-state index is -0.0211. The Kier molecular flexibility index (Phi) is 6.94. The van der Waals surface area contributed by atoms with Gasteiger partial charge in [-0.25, -0.2) is 0 Å². The molecule has 2 rings (SSSR count). The van der Waals surface area contributed by atoms with Crippen LogP contribution >= 0.6 is 15.9 Å². The van der Waals surface area contributed by atoms with Gasteiger partial charge >= 0.3 is 0 Å². The molecule has 0 aliphatic rings. The Morgan fingerprint density at radius 2 is 1.70 bits per heavy atom. The maximum Gasteiger partial charge on any atom is 0.224 e. The fourth-order valence-corrected chi connectivity index (χ4v) is 2.46. The monoisotopic (exact) mass is 377 g/mol. The van der Waals surface area contributed by atoms with E-state index in [1.54, 1.807) is 0 Å². The Morgan fingerprint density at radius 3 is 2.35 bits per heavy atom. The number of rotatable bonds is 8. The minimum absolute atomic E-state index is 0.0211. The second kappa shape index (κ2) is 9.20. The average Bonchev–Trinajstić information content (AvgIpc) is 2.55. The van der Waals surface area contributed by atoms with Crippen molar-refractivity contribution < 1.29 is 14.3 Å². The molecule has 0 saturated heterocycles. The van der Waals surface area contributed by atoms with E-state index in [2.05, 4.69) is 21.2 Å². The first-order chi connectivity index (χ1) is 11.2. The van der Waals surface area contributed by atoms with Gasteiger partial charge in [-0.3, -0.25) is 4.79 Å². The molecular formula is C18H20BrNO3. The van der Waals surface area contributed by atoms with Crippen LogP contribution in [-0.2, 0) is 11.2 Å². The summed E-state index contributed by atoms with van der Waals surface area (Å²) < 4.78 is 11.9. The highest BCUT2D eigenvalue weighted by Gasteiger charge is 2.05. The molecule has 1 N–H and O–H groups in total. The van der Waals surface area contributed by atoms with E-state index in [9.17, 15) is 4.79 Å². The second-order valence-corrected chi connectivity index (χ2v) is 5.73. The molecule has 0 spiro atoms. The first kappa shape index (κ1) is 17.3. The van der Waals surface area contributed by atoms with Crippen LogP contribution in [0.5, 0.6) is 11.5 Å². The van der Waals surface area contributed by atoms with Crippen LogP contribution in [0, 0.1) is 0 Å². The minimum Gasteiger partial charge on any atom is -0.494 e. The first-order valence-electron chi connectivity index (χ1n) is 7.55. The normalized spacial score (nSPS) is 10.2. The fraction of sp³-hybridized carbons (Fsp3) is 0.278. The summed E-state index contributed by atoms with van der Waals surface area (Å²) in [6.07, 6.45) is 0.352. The molecule has 2 aromatic rings. The maximum atomic E-state index is 11.9. The van der Waals surface area contributed by atoms with Crippen LogP contribution in [0.2, 0.25) is 0 Å². The van der Waals surface area contributed by atoms with Crippen molar-refractivity contribution in [1.29, 1.82) is 0 Å². The van der Waals surface area contributed by atoms with Gasteiger partial charge in [0.15, 0.2) is 0 Å². The molecule has 0 aliphatic heterocycles. The molecule has 2 aromatic carbocycles. The number of ether oxygens (including phenoxy) is 2. The lowest BCUT2D eigenvalue weighted by Crippen LogP contribution is -2.29. The third-order valence-electron chi connectivity index (χ3n) is 3.14. The number of benzene rings is 2. The van der Waals surface area contributed by atoms with Crippen LogP contribution in [0.25, 0.3) is 0 Å². The van der Waals surface area contributed by atoms with Crippen LogP contribution < -0.4 is 14.8 Å². The van der Waals surface area contributed by atoms with E-state index in [0.29, 0.717) is 26.2 Å². The van der Waals surface area contributed by atoms with Gasteiger partial charge in [-0.1, -0.05) is 34.1 Å². The Labute approximate surface area is 144 Å². The number of carbonyl (C=O) groups is 1. The van der Waals surface area contributed by atoms with Gasteiger partial charge in [0.1, 0.15) is 18.1 Å². The highest BCUT2D eigenvalue weighted by molar-refractivity contribution is 9.10. The lowest BCUT2D eigenvalue weighted by molar-refractivity contribution is -0.120. The number of carbonyl (C=O) groups excluding carboxylic acids is 1. The molecule has 0 aliphatic carbocycles. The van der Waals surface area contributed by atoms with Crippen molar-refractivity contribution in [2.75, 3.05) is 19.8 Å². The largest absolute Gasteiger partial charge is 0.494 e. The maximum absolute atomic E-state index is 11.9. The molecule has 0 heterocycles. The van der Waals surface area contributed by atoms with Gasteiger partial charge in [-0.05, 0) is 42.8 Å². The van der Waals surface area contributed by atoms with Gasteiger partial charge in [-0.2, -0.15) is 0 Å². The molecule has 23 heavy (non-hydrogen) atoms. The molecule has 1 amide bonds. The third kappa shape index (κ3) is 5.94. The molecule has 0 aromatic heterocycles. The van der Waals surface area contributed by atoms with Crippen molar-refractivity contribution in [3.63, 3.8) is 0 Å². The topological polar surface area (TPSA) is 47.6 Å². The Hall–Kier alpha value is -2.01. The van der Waals surface area contributed by atoms with Crippen molar-refractivity contribution in [1.82, 2.24) is 5.32 Å². The van der Waals surface area contributed by atoms with E-state index in [0.717, 1.165) is 21.5 Å². The molecule has 0 fully saturated rings. The Morgan fingerprint density at radius 1 is 1.04 bits per heavy atom. The van der Waals surface area contributed by atoms with Crippen LogP contribution in [0.1, 0.15) is 12.5 Å². The second-order valence-electron chi connectivity index (χ2n) is 4.87. The smallest absolute Gasteiger partial charge is 0.224 e. The predicted octanol–water partition coefficient (Wildman–Crippen LogP) is 3.59. The predicted molar refractivity (Wildman–Crippen MR) is 94.0 cm³/mol. The molecule has 0 saturated carbocycles. The molecule has 122 valence electrons. The fourth-order valence-electron chi connectivity index (χ4n) is 2.04. The molecular weight excluding hydrogens is 358 g/mol. The highest BCUT2D eigenvalue weighted by atomic mass is 79.9. The SMILES string of the molecule is CCOc1ccc(OCCNC(=O)Cc2ccccc2Br)cc1. The van der Waals surface area contributed by atoms with E-state index in [1.165, 1.54) is 0 Å². The van der Waals surface area contributed by atoms with Gasteiger partial charge in [0.25, 0.3) is 0 Å². The molecule has 0 bridgehead atoms. The number of nitrogens with one attached hydrogen (secondary N) is 1. The van der Waals surface area contributed by atoms with Gasteiger partial charge in [0.2, 0.25) is 5.91 Å². The van der Waals surface area contributed by atoms with Gasteiger partial charge in [0.05, 0.1) is 19.6 Å². The zero-order chi connectivity index (χ0) is 16.5. The summed E-state index contributed by atoms with van der Waals surface area (Å²) >= 11 is 3.44. The molecule has 0 unspecified atom stereocenters. The summed E-state index contributed by atoms with van der Waals surface area (Å²) in [6.45, 7) is 3.48. The summed E-state index contributed by atoms with van der Waals surface area (Å²) in [5.74, 6) is 1.56. The average molecular weight is 378 g/mol. The quantitative estimate of drug-likeness (QED) is 0.715. The van der Waals surface area contributed by atoms with Crippen LogP contribution in [0.3, 0.4) is 0 Å². The van der Waals surface area contributed by atoms with Crippen LogP contribution in [0.4, 0.5) is 0 Å². The van der Waals surface area contributed by atoms with Crippen LogP contribution in [0.15, 0.2) is 53.0 Å². The highest BCUT2D eigenvalue weighted by Crippen LogP contribution is 2.17. The zero-order valence-corrected chi connectivity index (χ0v) is 14.6. The zero-order valence-electron chi connectivity index (χ0n) is 13.0. The van der Waals surface area contributed by atoms with Gasteiger partial charge in [0, 0.05) is 4.47 Å².